The van der Waals surface area contributed by atoms with Crippen LogP contribution in [0.1, 0.15) is 33.1 Å². The van der Waals surface area contributed by atoms with Gasteiger partial charge in [0.15, 0.2) is 5.78 Å². The van der Waals surface area contributed by atoms with Crippen LogP contribution in [0.5, 0.6) is 0 Å². The number of nitrogens with zero attached hydrogens (tertiary/aromatic N) is 1. The van der Waals surface area contributed by atoms with E-state index < -0.39 is 11.6 Å². The summed E-state index contributed by atoms with van der Waals surface area (Å²) in [4.78, 5) is 25.4. The molecule has 4 nitrogen and oxygen atoms in total. The average Bonchev–Trinajstić information content (AvgIpc) is 2.85. The third kappa shape index (κ3) is 1.62. The number of likely N-dealkylation sites (tertiary alicyclic amines) is 1. The van der Waals surface area contributed by atoms with Crippen molar-refractivity contribution in [3.63, 3.8) is 0 Å². The molecule has 88 valence electrons. The van der Waals surface area contributed by atoms with Gasteiger partial charge in [0.25, 0.3) is 0 Å². The van der Waals surface area contributed by atoms with Crippen molar-refractivity contribution in [3.05, 3.63) is 11.8 Å². The minimum Gasteiger partial charge on any atom is -0.442 e. The molecule has 0 aromatic heterocycles. The molecule has 16 heavy (non-hydrogen) atoms. The first-order valence-electron chi connectivity index (χ1n) is 5.81. The highest BCUT2D eigenvalue weighted by Crippen LogP contribution is 2.34. The SMILES string of the molecule is CCC(=O)C1(C)OC(=O)C=C1N1CCCC1. The van der Waals surface area contributed by atoms with Crippen molar-refractivity contribution in [2.24, 2.45) is 0 Å². The van der Waals surface area contributed by atoms with Crippen LogP contribution in [-0.2, 0) is 14.3 Å². The van der Waals surface area contributed by atoms with Gasteiger partial charge >= 0.3 is 5.97 Å². The molecule has 4 heteroatoms. The van der Waals surface area contributed by atoms with Gasteiger partial charge < -0.3 is 9.64 Å². The second-order valence-electron chi connectivity index (χ2n) is 4.45. The van der Waals surface area contributed by atoms with E-state index in [0.29, 0.717) is 6.42 Å². The first kappa shape index (κ1) is 11.2. The van der Waals surface area contributed by atoms with E-state index in [-0.39, 0.29) is 5.78 Å². The van der Waals surface area contributed by atoms with Crippen LogP contribution in [0.25, 0.3) is 0 Å². The molecule has 0 saturated carbocycles. The van der Waals surface area contributed by atoms with E-state index in [1.807, 2.05) is 0 Å². The zero-order chi connectivity index (χ0) is 11.8. The van der Waals surface area contributed by atoms with E-state index in [1.165, 1.54) is 6.08 Å². The third-order valence-corrected chi connectivity index (χ3v) is 3.35. The number of hydrogen-bond acceptors (Lipinski definition) is 4. The highest BCUT2D eigenvalue weighted by molar-refractivity contribution is 5.99. The Morgan fingerprint density at radius 3 is 2.69 bits per heavy atom. The van der Waals surface area contributed by atoms with Gasteiger partial charge in [-0.3, -0.25) is 4.79 Å². The van der Waals surface area contributed by atoms with Crippen molar-refractivity contribution in [2.75, 3.05) is 13.1 Å². The van der Waals surface area contributed by atoms with Crippen LogP contribution < -0.4 is 0 Å². The first-order chi connectivity index (χ1) is 7.58. The minimum absolute atomic E-state index is 0.0310. The molecule has 0 amide bonds. The van der Waals surface area contributed by atoms with Crippen LogP contribution in [0.15, 0.2) is 11.8 Å². The van der Waals surface area contributed by atoms with Crippen molar-refractivity contribution < 1.29 is 14.3 Å². The molecule has 0 spiro atoms. The summed E-state index contributed by atoms with van der Waals surface area (Å²) < 4.78 is 5.20. The summed E-state index contributed by atoms with van der Waals surface area (Å²) in [6.45, 7) is 5.32. The maximum absolute atomic E-state index is 11.9. The van der Waals surface area contributed by atoms with Gasteiger partial charge in [0, 0.05) is 25.6 Å². The molecular formula is C12H17NO3. The highest BCUT2D eigenvalue weighted by Gasteiger charge is 2.47. The lowest BCUT2D eigenvalue weighted by Crippen LogP contribution is -2.43. The van der Waals surface area contributed by atoms with Crippen molar-refractivity contribution in [3.8, 4) is 0 Å². The maximum Gasteiger partial charge on any atom is 0.334 e. The number of hydrogen-bond donors (Lipinski definition) is 0. The maximum atomic E-state index is 11.9. The zero-order valence-corrected chi connectivity index (χ0v) is 9.78. The fraction of sp³-hybridized carbons (Fsp3) is 0.667. The molecule has 0 aliphatic carbocycles. The van der Waals surface area contributed by atoms with Gasteiger partial charge in [-0.15, -0.1) is 0 Å². The topological polar surface area (TPSA) is 46.6 Å². The van der Waals surface area contributed by atoms with E-state index in [2.05, 4.69) is 4.90 Å². The lowest BCUT2D eigenvalue weighted by atomic mass is 9.95. The third-order valence-electron chi connectivity index (χ3n) is 3.35. The van der Waals surface area contributed by atoms with E-state index in [1.54, 1.807) is 13.8 Å². The number of carbonyl (C=O) groups excluding carboxylic acids is 2. The number of carbonyl (C=O) groups is 2. The molecule has 0 aromatic carbocycles. The molecule has 0 bridgehead atoms. The van der Waals surface area contributed by atoms with Gasteiger partial charge in [0.2, 0.25) is 5.60 Å². The Morgan fingerprint density at radius 2 is 2.12 bits per heavy atom. The van der Waals surface area contributed by atoms with Crippen LogP contribution in [-0.4, -0.2) is 35.3 Å². The molecule has 1 fully saturated rings. The Hall–Kier alpha value is -1.32. The second-order valence-corrected chi connectivity index (χ2v) is 4.45. The fourth-order valence-electron chi connectivity index (χ4n) is 2.42. The molecule has 1 saturated heterocycles. The zero-order valence-electron chi connectivity index (χ0n) is 9.78. The molecule has 2 rings (SSSR count). The summed E-state index contributed by atoms with van der Waals surface area (Å²) in [7, 11) is 0. The largest absolute Gasteiger partial charge is 0.442 e. The van der Waals surface area contributed by atoms with Crippen molar-refractivity contribution in [2.45, 2.75) is 38.7 Å². The van der Waals surface area contributed by atoms with E-state index >= 15 is 0 Å². The van der Waals surface area contributed by atoms with E-state index in [4.69, 9.17) is 4.74 Å². The summed E-state index contributed by atoms with van der Waals surface area (Å²) in [5.41, 5.74) is -0.294. The molecule has 2 aliphatic heterocycles. The molecule has 0 aromatic rings. The van der Waals surface area contributed by atoms with Crippen LogP contribution in [0.3, 0.4) is 0 Å². The standard InChI is InChI=1S/C12H17NO3/c1-3-10(14)12(2)9(8-11(15)16-12)13-6-4-5-7-13/h8H,3-7H2,1-2H3. The number of rotatable bonds is 3. The number of ether oxygens (including phenoxy) is 1. The second kappa shape index (κ2) is 3.92. The predicted octanol–water partition coefficient (Wildman–Crippen LogP) is 1.26. The van der Waals surface area contributed by atoms with Crippen LogP contribution in [0.2, 0.25) is 0 Å². The lowest BCUT2D eigenvalue weighted by Gasteiger charge is -2.31. The molecule has 1 atom stereocenters. The minimum atomic E-state index is -1.05. The Balaban J connectivity index is 2.29. The van der Waals surface area contributed by atoms with Crippen molar-refractivity contribution in [1.29, 1.82) is 0 Å². The van der Waals surface area contributed by atoms with Gasteiger partial charge in [-0.05, 0) is 19.8 Å². The van der Waals surface area contributed by atoms with Gasteiger partial charge in [-0.2, -0.15) is 0 Å². The Kier molecular flexibility index (Phi) is 2.74. The van der Waals surface area contributed by atoms with Gasteiger partial charge in [-0.1, -0.05) is 6.92 Å². The smallest absolute Gasteiger partial charge is 0.334 e. The predicted molar refractivity (Wildman–Crippen MR) is 58.7 cm³/mol. The van der Waals surface area contributed by atoms with Crippen LogP contribution in [0.4, 0.5) is 0 Å². The van der Waals surface area contributed by atoms with Gasteiger partial charge in [-0.25, -0.2) is 4.79 Å². The number of cyclic esters (lactones) is 1. The van der Waals surface area contributed by atoms with Crippen LogP contribution >= 0.6 is 0 Å². The molecule has 0 N–H and O–H groups in total. The highest BCUT2D eigenvalue weighted by atomic mass is 16.6. The van der Waals surface area contributed by atoms with Crippen molar-refractivity contribution in [1.82, 2.24) is 4.90 Å². The number of Topliss-reactive ketones (excluding diaryl/α,β-unsaturated/α-hetero) is 1. The summed E-state index contributed by atoms with van der Waals surface area (Å²) in [5.74, 6) is -0.428. The Morgan fingerprint density at radius 1 is 1.50 bits per heavy atom. The molecular weight excluding hydrogens is 206 g/mol. The monoisotopic (exact) mass is 223 g/mol. The fourth-order valence-corrected chi connectivity index (χ4v) is 2.42. The van der Waals surface area contributed by atoms with Gasteiger partial charge in [0.1, 0.15) is 0 Å². The quantitative estimate of drug-likeness (QED) is 0.676. The van der Waals surface area contributed by atoms with Crippen LogP contribution in [0, 0.1) is 0 Å². The summed E-state index contributed by atoms with van der Waals surface area (Å²) in [6, 6.07) is 0. The Bertz CT molecular complexity index is 355. The molecule has 1 unspecified atom stereocenters. The molecule has 0 radical (unpaired) electrons. The Labute approximate surface area is 95.2 Å². The lowest BCUT2D eigenvalue weighted by molar-refractivity contribution is -0.154. The molecule has 2 aliphatic rings. The van der Waals surface area contributed by atoms with E-state index in [0.717, 1.165) is 31.6 Å². The summed E-state index contributed by atoms with van der Waals surface area (Å²) in [6.07, 6.45) is 4.08. The average molecular weight is 223 g/mol. The van der Waals surface area contributed by atoms with Crippen molar-refractivity contribution >= 4 is 11.8 Å². The molecule has 2 heterocycles. The number of esters is 1. The van der Waals surface area contributed by atoms with E-state index in [9.17, 15) is 9.59 Å². The summed E-state index contributed by atoms with van der Waals surface area (Å²) in [5, 5.41) is 0. The summed E-state index contributed by atoms with van der Waals surface area (Å²) >= 11 is 0. The van der Waals surface area contributed by atoms with Gasteiger partial charge in [0.05, 0.1) is 5.70 Å². The first-order valence-corrected chi connectivity index (χ1v) is 5.81. The number of ketones is 1. The normalized spacial score (nSPS) is 29.2.